The van der Waals surface area contributed by atoms with E-state index in [1.54, 1.807) is 14.0 Å². The first-order valence-corrected chi connectivity index (χ1v) is 3.94. The topological polar surface area (TPSA) is 38.7 Å². The highest BCUT2D eigenvalue weighted by molar-refractivity contribution is 4.38. The Morgan fingerprint density at radius 2 is 1.73 bits per heavy atom. The first kappa shape index (κ1) is 13.5. The van der Waals surface area contributed by atoms with Crippen LogP contribution in [0.2, 0.25) is 0 Å². The number of methoxy groups -OCH3 is 1. The molecule has 0 aromatic heterocycles. The van der Waals surface area contributed by atoms with E-state index in [2.05, 4.69) is 4.74 Å². The van der Waals surface area contributed by atoms with Gasteiger partial charge in [0.2, 0.25) is 0 Å². The van der Waals surface area contributed by atoms with Gasteiger partial charge in [0.15, 0.2) is 0 Å². The third-order valence-electron chi connectivity index (χ3n) is 1.07. The summed E-state index contributed by atoms with van der Waals surface area (Å²) in [7, 11) is 1.57. The van der Waals surface area contributed by atoms with Gasteiger partial charge in [0, 0.05) is 20.3 Å². The predicted molar refractivity (Wildman–Crippen MR) is 45.7 cm³/mol. The summed E-state index contributed by atoms with van der Waals surface area (Å²) in [4.78, 5) is 0. The number of hydrogen-bond acceptors (Lipinski definition) is 3. The van der Waals surface area contributed by atoms with Crippen molar-refractivity contribution >= 4 is 0 Å². The standard InChI is InChI=1S/C4H10O2.C4H10O/c1-4(3-5)6-2;1-3-5-4-2/h4-5H,3H2,1-2H3;3-4H2,1-2H3. The van der Waals surface area contributed by atoms with Gasteiger partial charge in [0.25, 0.3) is 0 Å². The lowest BCUT2D eigenvalue weighted by Gasteiger charge is -2.00. The van der Waals surface area contributed by atoms with Crippen molar-refractivity contribution in [3.63, 3.8) is 0 Å². The van der Waals surface area contributed by atoms with Crippen LogP contribution in [0.15, 0.2) is 0 Å². The molecular weight excluding hydrogens is 144 g/mol. The van der Waals surface area contributed by atoms with Gasteiger partial charge in [-0.1, -0.05) is 0 Å². The summed E-state index contributed by atoms with van der Waals surface area (Å²) < 4.78 is 9.48. The molecule has 0 aromatic rings. The highest BCUT2D eigenvalue weighted by atomic mass is 16.5. The van der Waals surface area contributed by atoms with Crippen molar-refractivity contribution in [3.8, 4) is 0 Å². The molecule has 1 N–H and O–H groups in total. The van der Waals surface area contributed by atoms with Gasteiger partial charge in [-0.3, -0.25) is 0 Å². The highest BCUT2D eigenvalue weighted by Gasteiger charge is 1.90. The molecule has 70 valence electrons. The molecule has 0 spiro atoms. The van der Waals surface area contributed by atoms with Crippen LogP contribution in [0.25, 0.3) is 0 Å². The molecule has 0 radical (unpaired) electrons. The summed E-state index contributed by atoms with van der Waals surface area (Å²) in [5, 5.41) is 8.21. The van der Waals surface area contributed by atoms with Gasteiger partial charge in [-0.2, -0.15) is 0 Å². The fourth-order valence-corrected chi connectivity index (χ4v) is 0.279. The lowest BCUT2D eigenvalue weighted by Crippen LogP contribution is -2.08. The zero-order chi connectivity index (χ0) is 9.11. The molecule has 0 heterocycles. The van der Waals surface area contributed by atoms with Crippen LogP contribution >= 0.6 is 0 Å². The SMILES string of the molecule is CCOCC.COC(C)CO. The van der Waals surface area contributed by atoms with Crippen LogP contribution in [-0.2, 0) is 9.47 Å². The normalized spacial score (nSPS) is 11.7. The average Bonchev–Trinajstić information content (AvgIpc) is 2.06. The Morgan fingerprint density at radius 3 is 1.73 bits per heavy atom. The van der Waals surface area contributed by atoms with Crippen LogP contribution in [-0.4, -0.2) is 38.1 Å². The lowest BCUT2D eigenvalue weighted by molar-refractivity contribution is 0.0623. The molecular formula is C8H20O3. The van der Waals surface area contributed by atoms with Crippen LogP contribution in [0.3, 0.4) is 0 Å². The molecule has 0 aliphatic heterocycles. The van der Waals surface area contributed by atoms with E-state index in [0.29, 0.717) is 0 Å². The second-order valence-corrected chi connectivity index (χ2v) is 2.01. The molecule has 0 bridgehead atoms. The second-order valence-electron chi connectivity index (χ2n) is 2.01. The first-order valence-electron chi connectivity index (χ1n) is 3.94. The highest BCUT2D eigenvalue weighted by Crippen LogP contribution is 1.80. The molecule has 1 atom stereocenters. The van der Waals surface area contributed by atoms with E-state index < -0.39 is 0 Å². The molecule has 0 fully saturated rings. The van der Waals surface area contributed by atoms with Gasteiger partial charge in [-0.25, -0.2) is 0 Å². The predicted octanol–water partition coefficient (Wildman–Crippen LogP) is 1.06. The monoisotopic (exact) mass is 164 g/mol. The summed E-state index contributed by atoms with van der Waals surface area (Å²) in [5.74, 6) is 0. The van der Waals surface area contributed by atoms with Crippen molar-refractivity contribution in [2.75, 3.05) is 26.9 Å². The number of ether oxygens (including phenoxy) is 2. The average molecular weight is 164 g/mol. The van der Waals surface area contributed by atoms with E-state index in [4.69, 9.17) is 9.84 Å². The van der Waals surface area contributed by atoms with E-state index in [-0.39, 0.29) is 12.7 Å². The zero-order valence-electron chi connectivity index (χ0n) is 7.96. The second kappa shape index (κ2) is 12.5. The Balaban J connectivity index is 0. The van der Waals surface area contributed by atoms with Gasteiger partial charge in [0.05, 0.1) is 12.7 Å². The number of aliphatic hydroxyl groups excluding tert-OH is 1. The smallest absolute Gasteiger partial charge is 0.0773 e. The quantitative estimate of drug-likeness (QED) is 0.675. The third kappa shape index (κ3) is 17.7. The summed E-state index contributed by atoms with van der Waals surface area (Å²) in [6.45, 7) is 7.58. The van der Waals surface area contributed by atoms with Crippen LogP contribution in [0.5, 0.6) is 0 Å². The minimum atomic E-state index is -0.00926. The Labute approximate surface area is 69.3 Å². The van der Waals surface area contributed by atoms with Crippen LogP contribution in [0.1, 0.15) is 20.8 Å². The molecule has 3 heteroatoms. The Kier molecular flexibility index (Phi) is 15.4. The minimum absolute atomic E-state index is 0.00926. The maximum absolute atomic E-state index is 8.21. The molecule has 3 nitrogen and oxygen atoms in total. The first-order chi connectivity index (χ1) is 5.22. The van der Waals surface area contributed by atoms with Crippen molar-refractivity contribution in [1.29, 1.82) is 0 Å². The van der Waals surface area contributed by atoms with Crippen molar-refractivity contribution in [3.05, 3.63) is 0 Å². The van der Waals surface area contributed by atoms with Crippen molar-refractivity contribution in [1.82, 2.24) is 0 Å². The molecule has 11 heavy (non-hydrogen) atoms. The fourth-order valence-electron chi connectivity index (χ4n) is 0.279. The van der Waals surface area contributed by atoms with Crippen LogP contribution < -0.4 is 0 Å². The molecule has 0 saturated carbocycles. The van der Waals surface area contributed by atoms with E-state index >= 15 is 0 Å². The Hall–Kier alpha value is -0.120. The third-order valence-corrected chi connectivity index (χ3v) is 1.07. The molecule has 0 aromatic carbocycles. The Bertz CT molecular complexity index is 51.3. The minimum Gasteiger partial charge on any atom is -0.394 e. The summed E-state index contributed by atoms with van der Waals surface area (Å²) in [6.07, 6.45) is -0.00926. The summed E-state index contributed by atoms with van der Waals surface area (Å²) in [5.41, 5.74) is 0. The zero-order valence-corrected chi connectivity index (χ0v) is 7.96. The number of rotatable bonds is 4. The van der Waals surface area contributed by atoms with E-state index in [1.807, 2.05) is 13.8 Å². The molecule has 0 saturated heterocycles. The van der Waals surface area contributed by atoms with Crippen molar-refractivity contribution in [2.45, 2.75) is 26.9 Å². The molecule has 0 aliphatic rings. The van der Waals surface area contributed by atoms with E-state index in [9.17, 15) is 0 Å². The fraction of sp³-hybridized carbons (Fsp3) is 1.00. The van der Waals surface area contributed by atoms with Gasteiger partial charge in [-0.05, 0) is 20.8 Å². The molecule has 0 aliphatic carbocycles. The van der Waals surface area contributed by atoms with Gasteiger partial charge in [0.1, 0.15) is 0 Å². The summed E-state index contributed by atoms with van der Waals surface area (Å²) >= 11 is 0. The number of hydrogen-bond donors (Lipinski definition) is 1. The van der Waals surface area contributed by atoms with Crippen LogP contribution in [0, 0.1) is 0 Å². The van der Waals surface area contributed by atoms with Gasteiger partial charge < -0.3 is 14.6 Å². The maximum atomic E-state index is 8.21. The number of aliphatic hydroxyl groups is 1. The Morgan fingerprint density at radius 1 is 1.27 bits per heavy atom. The van der Waals surface area contributed by atoms with Gasteiger partial charge in [-0.15, -0.1) is 0 Å². The van der Waals surface area contributed by atoms with Crippen LogP contribution in [0.4, 0.5) is 0 Å². The van der Waals surface area contributed by atoms with E-state index in [1.165, 1.54) is 0 Å². The van der Waals surface area contributed by atoms with Gasteiger partial charge >= 0.3 is 0 Å². The summed E-state index contributed by atoms with van der Waals surface area (Å²) in [6, 6.07) is 0. The van der Waals surface area contributed by atoms with E-state index in [0.717, 1.165) is 13.2 Å². The molecule has 1 unspecified atom stereocenters. The van der Waals surface area contributed by atoms with Crippen molar-refractivity contribution < 1.29 is 14.6 Å². The molecule has 0 amide bonds. The molecule has 0 rings (SSSR count). The lowest BCUT2D eigenvalue weighted by atomic mass is 10.4. The maximum Gasteiger partial charge on any atom is 0.0773 e. The largest absolute Gasteiger partial charge is 0.394 e. The van der Waals surface area contributed by atoms with Crippen molar-refractivity contribution in [2.24, 2.45) is 0 Å².